The second-order valence-electron chi connectivity index (χ2n) is 6.10. The molecule has 2 aromatic heterocycles. The fraction of sp³-hybridized carbons (Fsp3) is 0.467. The van der Waals surface area contributed by atoms with Gasteiger partial charge in [-0.3, -0.25) is 0 Å². The van der Waals surface area contributed by atoms with Crippen molar-refractivity contribution in [1.82, 2.24) is 14.8 Å². The summed E-state index contributed by atoms with van der Waals surface area (Å²) in [5, 5.41) is 7.91. The van der Waals surface area contributed by atoms with Crippen LogP contribution >= 0.6 is 0 Å². The van der Waals surface area contributed by atoms with Crippen molar-refractivity contribution >= 4 is 5.82 Å². The van der Waals surface area contributed by atoms with Crippen molar-refractivity contribution in [2.75, 3.05) is 5.32 Å². The van der Waals surface area contributed by atoms with Gasteiger partial charge in [-0.15, -0.1) is 0 Å². The van der Waals surface area contributed by atoms with Gasteiger partial charge in [0.15, 0.2) is 5.82 Å². The lowest BCUT2D eigenvalue weighted by atomic mass is 10.1. The summed E-state index contributed by atoms with van der Waals surface area (Å²) < 4.78 is 1.82. The Kier molecular flexibility index (Phi) is 3.60. The third-order valence-electron chi connectivity index (χ3n) is 2.67. The number of aromatic nitrogens is 3. The van der Waals surface area contributed by atoms with E-state index in [0.29, 0.717) is 5.92 Å². The Morgan fingerprint density at radius 2 is 1.89 bits per heavy atom. The van der Waals surface area contributed by atoms with Crippen LogP contribution in [-0.4, -0.2) is 20.3 Å². The summed E-state index contributed by atoms with van der Waals surface area (Å²) in [5.41, 5.74) is 1.08. The van der Waals surface area contributed by atoms with Crippen LogP contribution in [0, 0.1) is 0 Å². The maximum absolute atomic E-state index is 4.59. The topological polar surface area (TPSA) is 42.7 Å². The van der Waals surface area contributed by atoms with E-state index in [1.54, 1.807) is 0 Å². The van der Waals surface area contributed by atoms with Crippen molar-refractivity contribution in [2.45, 2.75) is 46.1 Å². The minimum atomic E-state index is -0.00116. The molecule has 102 valence electrons. The third kappa shape index (κ3) is 3.56. The van der Waals surface area contributed by atoms with E-state index >= 15 is 0 Å². The molecule has 2 rings (SSSR count). The van der Waals surface area contributed by atoms with Crippen molar-refractivity contribution in [2.24, 2.45) is 0 Å². The lowest BCUT2D eigenvalue weighted by molar-refractivity contribution is 0.629. The van der Waals surface area contributed by atoms with Crippen molar-refractivity contribution in [3.8, 4) is 5.82 Å². The Bertz CT molecular complexity index is 549. The average Bonchev–Trinajstić information content (AvgIpc) is 2.76. The molecule has 0 unspecified atom stereocenters. The number of nitrogens with one attached hydrogen (secondary N) is 1. The second-order valence-corrected chi connectivity index (χ2v) is 6.10. The highest BCUT2D eigenvalue weighted by atomic mass is 15.3. The first-order chi connectivity index (χ1) is 8.85. The molecule has 4 heteroatoms. The number of nitrogens with zero attached hydrogens (tertiary/aromatic N) is 3. The highest BCUT2D eigenvalue weighted by Gasteiger charge is 2.11. The Balaban J connectivity index is 2.27. The molecule has 0 aromatic carbocycles. The molecule has 2 aromatic rings. The van der Waals surface area contributed by atoms with Gasteiger partial charge < -0.3 is 5.32 Å². The Hall–Kier alpha value is -1.84. The highest BCUT2D eigenvalue weighted by Crippen LogP contribution is 2.16. The normalized spacial score (nSPS) is 11.9. The smallest absolute Gasteiger partial charge is 0.155 e. The summed E-state index contributed by atoms with van der Waals surface area (Å²) in [5.74, 6) is 2.13. The van der Waals surface area contributed by atoms with Crippen LogP contribution in [-0.2, 0) is 0 Å². The molecule has 0 amide bonds. The molecule has 4 nitrogen and oxygen atoms in total. The van der Waals surface area contributed by atoms with Gasteiger partial charge in [-0.25, -0.2) is 9.67 Å². The zero-order valence-electron chi connectivity index (χ0n) is 12.3. The monoisotopic (exact) mass is 258 g/mol. The van der Waals surface area contributed by atoms with Gasteiger partial charge in [0.05, 0.1) is 5.69 Å². The average molecular weight is 258 g/mol. The molecule has 0 saturated carbocycles. The molecule has 0 spiro atoms. The Morgan fingerprint density at radius 3 is 2.47 bits per heavy atom. The summed E-state index contributed by atoms with van der Waals surface area (Å²) in [4.78, 5) is 4.59. The molecule has 0 radical (unpaired) electrons. The van der Waals surface area contributed by atoms with Crippen LogP contribution < -0.4 is 5.32 Å². The van der Waals surface area contributed by atoms with Crippen LogP contribution in [0.15, 0.2) is 30.5 Å². The molecule has 0 aliphatic carbocycles. The molecule has 1 N–H and O–H groups in total. The zero-order chi connectivity index (χ0) is 14.0. The first-order valence-electron chi connectivity index (χ1n) is 6.66. The minimum absolute atomic E-state index is 0.00116. The minimum Gasteiger partial charge on any atom is -0.365 e. The van der Waals surface area contributed by atoms with Crippen LogP contribution in [0.1, 0.15) is 46.2 Å². The molecular formula is C15H22N4. The fourth-order valence-corrected chi connectivity index (χ4v) is 1.78. The molecule has 0 fully saturated rings. The predicted molar refractivity (Wildman–Crippen MR) is 78.8 cm³/mol. The SMILES string of the molecule is CC(C)c1ccn(-c2cccc(NC(C)(C)C)n2)n1. The lowest BCUT2D eigenvalue weighted by Gasteiger charge is -2.21. The third-order valence-corrected chi connectivity index (χ3v) is 2.67. The number of hydrogen-bond donors (Lipinski definition) is 1. The molecule has 19 heavy (non-hydrogen) atoms. The van der Waals surface area contributed by atoms with Gasteiger partial charge in [0, 0.05) is 11.7 Å². The van der Waals surface area contributed by atoms with Crippen LogP contribution in [0.2, 0.25) is 0 Å². The zero-order valence-corrected chi connectivity index (χ0v) is 12.3. The molecule has 2 heterocycles. The molecule has 0 bridgehead atoms. The van der Waals surface area contributed by atoms with Crippen LogP contribution in [0.5, 0.6) is 0 Å². The van der Waals surface area contributed by atoms with Crippen LogP contribution in [0.3, 0.4) is 0 Å². The Labute approximate surface area is 114 Å². The van der Waals surface area contributed by atoms with Gasteiger partial charge in [0.2, 0.25) is 0 Å². The van der Waals surface area contributed by atoms with E-state index in [9.17, 15) is 0 Å². The Morgan fingerprint density at radius 1 is 1.16 bits per heavy atom. The van der Waals surface area contributed by atoms with E-state index in [2.05, 4.69) is 50.0 Å². The van der Waals surface area contributed by atoms with Gasteiger partial charge in [0.1, 0.15) is 5.82 Å². The first kappa shape index (κ1) is 13.6. The number of hydrogen-bond acceptors (Lipinski definition) is 3. The fourth-order valence-electron chi connectivity index (χ4n) is 1.78. The van der Waals surface area contributed by atoms with Gasteiger partial charge >= 0.3 is 0 Å². The standard InChI is InChI=1S/C15H22N4/c1-11(2)12-9-10-19(18-12)14-8-6-7-13(16-14)17-15(3,4)5/h6-11H,1-5H3,(H,16,17). The number of anilines is 1. The molecule has 0 saturated heterocycles. The van der Waals surface area contributed by atoms with Gasteiger partial charge in [-0.1, -0.05) is 19.9 Å². The van der Waals surface area contributed by atoms with E-state index in [4.69, 9.17) is 0 Å². The van der Waals surface area contributed by atoms with Crippen molar-refractivity contribution < 1.29 is 0 Å². The van der Waals surface area contributed by atoms with Gasteiger partial charge in [-0.2, -0.15) is 5.10 Å². The van der Waals surface area contributed by atoms with E-state index in [1.165, 1.54) is 0 Å². The van der Waals surface area contributed by atoms with E-state index in [1.807, 2.05) is 35.1 Å². The molecule has 0 aliphatic heterocycles. The van der Waals surface area contributed by atoms with E-state index in [0.717, 1.165) is 17.3 Å². The van der Waals surface area contributed by atoms with Gasteiger partial charge in [-0.05, 0) is 44.9 Å². The predicted octanol–water partition coefficient (Wildman–Crippen LogP) is 3.60. The summed E-state index contributed by atoms with van der Waals surface area (Å²) in [6, 6.07) is 7.97. The van der Waals surface area contributed by atoms with Crippen molar-refractivity contribution in [3.63, 3.8) is 0 Å². The second kappa shape index (κ2) is 5.03. The largest absolute Gasteiger partial charge is 0.365 e. The first-order valence-corrected chi connectivity index (χ1v) is 6.66. The highest BCUT2D eigenvalue weighted by molar-refractivity contribution is 5.41. The molecule has 0 atom stereocenters. The number of pyridine rings is 1. The van der Waals surface area contributed by atoms with Crippen molar-refractivity contribution in [1.29, 1.82) is 0 Å². The van der Waals surface area contributed by atoms with Gasteiger partial charge in [0.25, 0.3) is 0 Å². The summed E-state index contributed by atoms with van der Waals surface area (Å²) in [6.45, 7) is 10.6. The maximum Gasteiger partial charge on any atom is 0.155 e. The van der Waals surface area contributed by atoms with E-state index in [-0.39, 0.29) is 5.54 Å². The van der Waals surface area contributed by atoms with Crippen LogP contribution in [0.4, 0.5) is 5.82 Å². The lowest BCUT2D eigenvalue weighted by Crippen LogP contribution is -2.26. The van der Waals surface area contributed by atoms with Crippen LogP contribution in [0.25, 0.3) is 5.82 Å². The summed E-state index contributed by atoms with van der Waals surface area (Å²) in [6.07, 6.45) is 1.96. The quantitative estimate of drug-likeness (QED) is 0.914. The summed E-state index contributed by atoms with van der Waals surface area (Å²) in [7, 11) is 0. The summed E-state index contributed by atoms with van der Waals surface area (Å²) >= 11 is 0. The molecule has 0 aliphatic rings. The number of rotatable bonds is 3. The maximum atomic E-state index is 4.59. The van der Waals surface area contributed by atoms with E-state index < -0.39 is 0 Å². The van der Waals surface area contributed by atoms with Crippen molar-refractivity contribution in [3.05, 3.63) is 36.2 Å². The molecular weight excluding hydrogens is 236 g/mol.